The van der Waals surface area contributed by atoms with Gasteiger partial charge in [0.15, 0.2) is 0 Å². The van der Waals surface area contributed by atoms with Gasteiger partial charge >= 0.3 is 6.18 Å². The first-order valence-corrected chi connectivity index (χ1v) is 9.54. The van der Waals surface area contributed by atoms with E-state index in [0.717, 1.165) is 43.2 Å². The molecule has 2 aromatic rings. The van der Waals surface area contributed by atoms with Gasteiger partial charge in [-0.25, -0.2) is 4.98 Å². The first kappa shape index (κ1) is 22.5. The van der Waals surface area contributed by atoms with Crippen LogP contribution in [0.15, 0.2) is 58.8 Å². The van der Waals surface area contributed by atoms with Gasteiger partial charge in [-0.15, -0.1) is 0 Å². The van der Waals surface area contributed by atoms with Gasteiger partial charge in [0.2, 0.25) is 5.89 Å². The van der Waals surface area contributed by atoms with Crippen LogP contribution in [-0.2, 0) is 12.8 Å². The first-order valence-electron chi connectivity index (χ1n) is 9.54. The van der Waals surface area contributed by atoms with Crippen molar-refractivity contribution in [1.29, 1.82) is 0 Å². The number of aryl methyl sites for hydroxylation is 2. The maximum absolute atomic E-state index is 13.1. The molecule has 7 heteroatoms. The van der Waals surface area contributed by atoms with Gasteiger partial charge in [0.25, 0.3) is 0 Å². The summed E-state index contributed by atoms with van der Waals surface area (Å²) in [4.78, 5) is 8.02. The predicted octanol–water partition coefficient (Wildman–Crippen LogP) is 6.20. The molecule has 0 unspecified atom stereocenters. The van der Waals surface area contributed by atoms with Gasteiger partial charge in [-0.3, -0.25) is 4.98 Å². The number of allylic oxidation sites excluding steroid dienone is 6. The summed E-state index contributed by atoms with van der Waals surface area (Å²) >= 11 is 0. The van der Waals surface area contributed by atoms with E-state index in [1.807, 2.05) is 0 Å². The molecule has 156 valence electrons. The molecule has 0 atom stereocenters. The summed E-state index contributed by atoms with van der Waals surface area (Å²) in [6.45, 7) is 3.44. The van der Waals surface area contributed by atoms with Gasteiger partial charge in [0.1, 0.15) is 11.5 Å². The highest BCUT2D eigenvalue weighted by atomic mass is 19.4. The normalized spacial score (nSPS) is 15.1. The molecule has 2 heterocycles. The van der Waals surface area contributed by atoms with Crippen LogP contribution in [0, 0.1) is 0 Å². The summed E-state index contributed by atoms with van der Waals surface area (Å²) in [5, 5.41) is 8.57. The van der Waals surface area contributed by atoms with Crippen LogP contribution in [0.3, 0.4) is 0 Å². The lowest BCUT2D eigenvalue weighted by atomic mass is 10.0. The zero-order chi connectivity index (χ0) is 21.3. The van der Waals surface area contributed by atoms with Gasteiger partial charge in [0.05, 0.1) is 17.5 Å². The van der Waals surface area contributed by atoms with E-state index in [2.05, 4.69) is 9.97 Å². The van der Waals surface area contributed by atoms with Crippen LogP contribution in [0.4, 0.5) is 13.2 Å². The summed E-state index contributed by atoms with van der Waals surface area (Å²) < 4.78 is 44.9. The topological polar surface area (TPSA) is 59.2 Å². The number of rotatable bonds is 4. The Morgan fingerprint density at radius 2 is 2.03 bits per heavy atom. The second-order valence-corrected chi connectivity index (χ2v) is 6.47. The van der Waals surface area contributed by atoms with E-state index < -0.39 is 11.7 Å². The molecule has 0 saturated carbocycles. The zero-order valence-corrected chi connectivity index (χ0v) is 16.5. The smallest absolute Gasteiger partial charge is 0.416 e. The van der Waals surface area contributed by atoms with Crippen LogP contribution in [0.2, 0.25) is 0 Å². The second kappa shape index (κ2) is 10.6. The van der Waals surface area contributed by atoms with Crippen molar-refractivity contribution < 1.29 is 22.7 Å². The van der Waals surface area contributed by atoms with Crippen molar-refractivity contribution in [2.24, 2.45) is 0 Å². The van der Waals surface area contributed by atoms with E-state index >= 15 is 0 Å². The quantitative estimate of drug-likeness (QED) is 0.614. The third-order valence-corrected chi connectivity index (χ3v) is 4.15. The lowest BCUT2D eigenvalue weighted by Gasteiger charge is -2.08. The molecule has 0 saturated heterocycles. The molecule has 0 radical (unpaired) electrons. The van der Waals surface area contributed by atoms with E-state index in [9.17, 15) is 13.2 Å². The van der Waals surface area contributed by atoms with Crippen LogP contribution in [-0.4, -0.2) is 21.3 Å². The maximum Gasteiger partial charge on any atom is 0.416 e. The molecular formula is C22H25F3N2O2. The Labute approximate surface area is 168 Å². The molecule has 0 aromatic carbocycles. The standard InChI is InChI=1S/C17H20F3NO.C5H5NO/c1-3-7-12(11-13(8-4-2)17(18,19)20)16-21-14-9-5-6-10-15(14)22-16;7-5-2-1-3-6-4-5/h3,7-8,11H,4-6,9-10H2,1-2H3;1-4,7H/b7-3-,12-11+,13-8-;. The molecule has 0 bridgehead atoms. The Balaban J connectivity index is 0.000000360. The number of oxazole rings is 1. The Morgan fingerprint density at radius 3 is 2.55 bits per heavy atom. The summed E-state index contributed by atoms with van der Waals surface area (Å²) in [5.74, 6) is 1.29. The van der Waals surface area contributed by atoms with E-state index in [-0.39, 0.29) is 11.6 Å². The van der Waals surface area contributed by atoms with Crippen molar-refractivity contribution in [2.45, 2.75) is 52.1 Å². The van der Waals surface area contributed by atoms with E-state index in [1.54, 1.807) is 44.3 Å². The molecular weight excluding hydrogens is 381 g/mol. The van der Waals surface area contributed by atoms with E-state index in [4.69, 9.17) is 9.52 Å². The van der Waals surface area contributed by atoms with Gasteiger partial charge in [-0.1, -0.05) is 25.2 Å². The average molecular weight is 406 g/mol. The fraction of sp³-hybridized carbons (Fsp3) is 0.364. The monoisotopic (exact) mass is 406 g/mol. The number of aromatic nitrogens is 2. The van der Waals surface area contributed by atoms with Crippen LogP contribution in [0.1, 0.15) is 50.5 Å². The maximum atomic E-state index is 13.1. The van der Waals surface area contributed by atoms with Crippen molar-refractivity contribution >= 4 is 5.57 Å². The number of aromatic hydroxyl groups is 1. The van der Waals surface area contributed by atoms with E-state index in [1.165, 1.54) is 12.3 Å². The van der Waals surface area contributed by atoms with Crippen molar-refractivity contribution in [3.8, 4) is 5.75 Å². The lowest BCUT2D eigenvalue weighted by Crippen LogP contribution is -2.10. The highest BCUT2D eigenvalue weighted by molar-refractivity contribution is 5.71. The predicted molar refractivity (Wildman–Crippen MR) is 106 cm³/mol. The third-order valence-electron chi connectivity index (χ3n) is 4.15. The average Bonchev–Trinajstić information content (AvgIpc) is 3.11. The number of fused-ring (bicyclic) bond motifs is 1. The Morgan fingerprint density at radius 1 is 1.28 bits per heavy atom. The summed E-state index contributed by atoms with van der Waals surface area (Å²) in [6, 6.07) is 3.25. The lowest BCUT2D eigenvalue weighted by molar-refractivity contribution is -0.0883. The third kappa shape index (κ3) is 6.93. The van der Waals surface area contributed by atoms with Crippen molar-refractivity contribution in [2.75, 3.05) is 0 Å². The highest BCUT2D eigenvalue weighted by Gasteiger charge is 2.32. The first-order chi connectivity index (χ1) is 13.8. The number of nitrogens with zero attached hydrogens (tertiary/aromatic N) is 2. The molecule has 0 amide bonds. The molecule has 0 aliphatic heterocycles. The number of halogens is 3. The molecule has 1 aliphatic rings. The Bertz CT molecular complexity index is 842. The zero-order valence-electron chi connectivity index (χ0n) is 16.5. The largest absolute Gasteiger partial charge is 0.506 e. The minimum Gasteiger partial charge on any atom is -0.506 e. The van der Waals surface area contributed by atoms with Gasteiger partial charge < -0.3 is 9.52 Å². The fourth-order valence-electron chi connectivity index (χ4n) is 2.83. The summed E-state index contributed by atoms with van der Waals surface area (Å²) in [7, 11) is 0. The van der Waals surface area contributed by atoms with Crippen LogP contribution in [0.5, 0.6) is 5.75 Å². The van der Waals surface area contributed by atoms with Crippen molar-refractivity contribution in [3.63, 3.8) is 0 Å². The number of hydrogen-bond acceptors (Lipinski definition) is 4. The van der Waals surface area contributed by atoms with Gasteiger partial charge in [-0.05, 0) is 50.8 Å². The van der Waals surface area contributed by atoms with Crippen LogP contribution < -0.4 is 0 Å². The van der Waals surface area contributed by atoms with Crippen LogP contribution in [0.25, 0.3) is 5.57 Å². The molecule has 0 fully saturated rings. The molecule has 1 N–H and O–H groups in total. The Hall–Kier alpha value is -2.83. The highest BCUT2D eigenvalue weighted by Crippen LogP contribution is 2.31. The number of hydrogen-bond donors (Lipinski definition) is 1. The molecule has 29 heavy (non-hydrogen) atoms. The molecule has 0 spiro atoms. The van der Waals surface area contributed by atoms with E-state index in [0.29, 0.717) is 12.0 Å². The van der Waals surface area contributed by atoms with Crippen LogP contribution >= 0.6 is 0 Å². The minimum absolute atomic E-state index is 0.211. The summed E-state index contributed by atoms with van der Waals surface area (Å²) in [6.07, 6.45) is 8.24. The van der Waals surface area contributed by atoms with Gasteiger partial charge in [-0.2, -0.15) is 13.2 Å². The number of pyridine rings is 1. The summed E-state index contributed by atoms with van der Waals surface area (Å²) in [5.41, 5.74) is 0.567. The minimum atomic E-state index is -4.38. The number of alkyl halides is 3. The molecule has 4 nitrogen and oxygen atoms in total. The second-order valence-electron chi connectivity index (χ2n) is 6.47. The molecule has 2 aromatic heterocycles. The molecule has 1 aliphatic carbocycles. The SMILES string of the molecule is C\C=C/C(=C\C(=C\CC)C(F)(F)F)c1nc2c(o1)CCCC2.Oc1cccnc1. The fourth-order valence-corrected chi connectivity index (χ4v) is 2.83. The molecule has 3 rings (SSSR count). The van der Waals surface area contributed by atoms with Crippen molar-refractivity contribution in [3.05, 3.63) is 71.7 Å². The Kier molecular flexibility index (Phi) is 8.24. The van der Waals surface area contributed by atoms with Crippen molar-refractivity contribution in [1.82, 2.24) is 9.97 Å². The van der Waals surface area contributed by atoms with Gasteiger partial charge in [0, 0.05) is 18.2 Å².